The first-order valence-electron chi connectivity index (χ1n) is 9.80. The Kier molecular flexibility index (Phi) is 5.04. The highest BCUT2D eigenvalue weighted by Crippen LogP contribution is 2.31. The Bertz CT molecular complexity index is 1020. The second kappa shape index (κ2) is 7.51. The lowest BCUT2D eigenvalue weighted by Crippen LogP contribution is -2.52. The van der Waals surface area contributed by atoms with Crippen LogP contribution < -0.4 is 10.2 Å². The van der Waals surface area contributed by atoms with Gasteiger partial charge < -0.3 is 15.3 Å². The van der Waals surface area contributed by atoms with Crippen molar-refractivity contribution in [3.05, 3.63) is 42.5 Å². The summed E-state index contributed by atoms with van der Waals surface area (Å²) in [6.07, 6.45) is 6.44. The van der Waals surface area contributed by atoms with Crippen LogP contribution in [0.4, 0.5) is 22.0 Å². The van der Waals surface area contributed by atoms with Crippen molar-refractivity contribution < 1.29 is 9.50 Å². The van der Waals surface area contributed by atoms with Gasteiger partial charge in [0.15, 0.2) is 5.67 Å². The van der Waals surface area contributed by atoms with Crippen LogP contribution in [0, 0.1) is 0 Å². The minimum Gasteiger partial charge on any atom is -0.390 e. The molecule has 0 unspecified atom stereocenters. The van der Waals surface area contributed by atoms with Gasteiger partial charge in [0.25, 0.3) is 0 Å². The molecule has 4 heterocycles. The number of aromatic nitrogens is 4. The molecule has 2 N–H and O–H groups in total. The molecule has 0 radical (unpaired) electrons. The van der Waals surface area contributed by atoms with Crippen molar-refractivity contribution in [3.63, 3.8) is 0 Å². The van der Waals surface area contributed by atoms with Crippen molar-refractivity contribution in [2.24, 2.45) is 0 Å². The van der Waals surface area contributed by atoms with Gasteiger partial charge in [-0.3, -0.25) is 4.98 Å². The van der Waals surface area contributed by atoms with Crippen molar-refractivity contribution in [2.75, 3.05) is 23.3 Å². The number of hydrogen-bond acceptors (Lipinski definition) is 7. The third-order valence-corrected chi connectivity index (χ3v) is 5.38. The van der Waals surface area contributed by atoms with Crippen molar-refractivity contribution in [2.45, 2.75) is 44.9 Å². The number of nitrogens with zero attached hydrogens (tertiary/aromatic N) is 5. The zero-order valence-corrected chi connectivity index (χ0v) is 16.8. The smallest absolute Gasteiger partial charge is 0.227 e. The monoisotopic (exact) mass is 396 g/mol. The fraction of sp³-hybridized carbons (Fsp3) is 0.429. The summed E-state index contributed by atoms with van der Waals surface area (Å²) < 4.78 is 14.5. The zero-order valence-electron chi connectivity index (χ0n) is 16.8. The van der Waals surface area contributed by atoms with Crippen LogP contribution in [0.2, 0.25) is 0 Å². The van der Waals surface area contributed by atoms with Gasteiger partial charge in [0, 0.05) is 36.7 Å². The lowest BCUT2D eigenvalue weighted by molar-refractivity contribution is -0.00860. The number of aliphatic hydroxyl groups is 1. The second-order valence-corrected chi connectivity index (χ2v) is 8.01. The fourth-order valence-corrected chi connectivity index (χ4v) is 3.67. The summed E-state index contributed by atoms with van der Waals surface area (Å²) in [4.78, 5) is 19.4. The number of halogens is 1. The normalized spacial score (nSPS) is 22.3. The number of nitrogens with one attached hydrogen (secondary N) is 1. The molecule has 0 spiro atoms. The van der Waals surface area contributed by atoms with Crippen molar-refractivity contribution in [3.8, 4) is 0 Å². The molecule has 1 aliphatic rings. The predicted molar refractivity (Wildman–Crippen MR) is 111 cm³/mol. The van der Waals surface area contributed by atoms with Crippen LogP contribution >= 0.6 is 0 Å². The Balaban J connectivity index is 1.63. The number of hydrogen-bond donors (Lipinski definition) is 2. The Morgan fingerprint density at radius 3 is 2.79 bits per heavy atom. The highest BCUT2D eigenvalue weighted by atomic mass is 19.1. The average molecular weight is 396 g/mol. The minimum absolute atomic E-state index is 0.0474. The maximum atomic E-state index is 14.5. The van der Waals surface area contributed by atoms with E-state index in [0.29, 0.717) is 36.5 Å². The zero-order chi connectivity index (χ0) is 20.6. The summed E-state index contributed by atoms with van der Waals surface area (Å²) >= 11 is 0. The Morgan fingerprint density at radius 1 is 1.21 bits per heavy atom. The van der Waals surface area contributed by atoms with Crippen LogP contribution in [-0.4, -0.2) is 49.9 Å². The molecule has 0 aliphatic carbocycles. The number of alkyl halides is 1. The Hall–Kier alpha value is -2.87. The molecule has 0 aromatic carbocycles. The van der Waals surface area contributed by atoms with Gasteiger partial charge in [0.2, 0.25) is 5.95 Å². The van der Waals surface area contributed by atoms with Gasteiger partial charge in [-0.15, -0.1) is 0 Å². The SMILES string of the molecule is CC(C)c1cnc(Nc2ccnc(N3CC[C@@H](O)[C@@](C)(F)C3)n2)c2cnccc12. The second-order valence-electron chi connectivity index (χ2n) is 8.01. The molecule has 29 heavy (non-hydrogen) atoms. The van der Waals surface area contributed by atoms with E-state index < -0.39 is 11.8 Å². The van der Waals surface area contributed by atoms with Gasteiger partial charge >= 0.3 is 0 Å². The van der Waals surface area contributed by atoms with Crippen LogP contribution in [0.1, 0.15) is 38.7 Å². The number of anilines is 3. The molecule has 1 aliphatic heterocycles. The molecule has 152 valence electrons. The van der Waals surface area contributed by atoms with Gasteiger partial charge in [-0.05, 0) is 42.3 Å². The van der Waals surface area contributed by atoms with Crippen LogP contribution in [0.3, 0.4) is 0 Å². The first-order valence-corrected chi connectivity index (χ1v) is 9.80. The van der Waals surface area contributed by atoms with Gasteiger partial charge in [-0.25, -0.2) is 14.4 Å². The highest BCUT2D eigenvalue weighted by Gasteiger charge is 2.39. The maximum absolute atomic E-state index is 14.5. The van der Waals surface area contributed by atoms with Gasteiger partial charge in [-0.2, -0.15) is 4.98 Å². The van der Waals surface area contributed by atoms with E-state index >= 15 is 0 Å². The molecule has 8 heteroatoms. The Morgan fingerprint density at radius 2 is 2.03 bits per heavy atom. The standard InChI is InChI=1S/C21H25FN6O/c1-13(2)15-11-25-19(16-10-23-7-4-14(15)16)26-18-5-8-24-20(27-18)28-9-6-17(29)21(3,22)12-28/h4-5,7-8,10-11,13,17,29H,6,9,12H2,1-3H3,(H,24,25,26,27)/t17-,21+/m1/s1. The Labute approximate surface area is 169 Å². The molecule has 3 aromatic rings. The molecule has 1 saturated heterocycles. The van der Waals surface area contributed by atoms with E-state index in [1.807, 2.05) is 12.3 Å². The topological polar surface area (TPSA) is 87.1 Å². The summed E-state index contributed by atoms with van der Waals surface area (Å²) in [7, 11) is 0. The molecule has 4 rings (SSSR count). The van der Waals surface area contributed by atoms with E-state index in [-0.39, 0.29) is 6.54 Å². The number of pyridine rings is 2. The summed E-state index contributed by atoms with van der Waals surface area (Å²) in [5.74, 6) is 1.99. The number of fused-ring (bicyclic) bond motifs is 1. The van der Waals surface area contributed by atoms with E-state index in [1.165, 1.54) is 6.92 Å². The molecule has 0 saturated carbocycles. The number of aliphatic hydroxyl groups excluding tert-OH is 1. The quantitative estimate of drug-likeness (QED) is 0.697. The van der Waals surface area contributed by atoms with Crippen molar-refractivity contribution in [1.29, 1.82) is 0 Å². The molecule has 7 nitrogen and oxygen atoms in total. The van der Waals surface area contributed by atoms with E-state index in [2.05, 4.69) is 39.1 Å². The molecule has 2 atom stereocenters. The van der Waals surface area contributed by atoms with Crippen molar-refractivity contribution >= 4 is 28.4 Å². The average Bonchev–Trinajstić information content (AvgIpc) is 2.70. The summed E-state index contributed by atoms with van der Waals surface area (Å²) in [6.45, 7) is 6.22. The third kappa shape index (κ3) is 3.85. The molecular weight excluding hydrogens is 371 g/mol. The summed E-state index contributed by atoms with van der Waals surface area (Å²) in [6, 6.07) is 3.74. The molecule has 1 fully saturated rings. The maximum Gasteiger partial charge on any atom is 0.227 e. The first-order chi connectivity index (χ1) is 13.8. The van der Waals surface area contributed by atoms with Crippen LogP contribution in [0.25, 0.3) is 10.8 Å². The number of piperidine rings is 1. The van der Waals surface area contributed by atoms with Crippen LogP contribution in [0.5, 0.6) is 0 Å². The lowest BCUT2D eigenvalue weighted by Gasteiger charge is -2.38. The van der Waals surface area contributed by atoms with Crippen LogP contribution in [-0.2, 0) is 0 Å². The van der Waals surface area contributed by atoms with E-state index in [1.54, 1.807) is 29.6 Å². The predicted octanol–water partition coefficient (Wildman–Crippen LogP) is 3.59. The molecular formula is C21H25FN6O. The molecule has 3 aromatic heterocycles. The van der Waals surface area contributed by atoms with E-state index in [0.717, 1.165) is 16.3 Å². The third-order valence-electron chi connectivity index (χ3n) is 5.38. The van der Waals surface area contributed by atoms with Crippen LogP contribution in [0.15, 0.2) is 36.9 Å². The van der Waals surface area contributed by atoms with Crippen molar-refractivity contribution in [1.82, 2.24) is 19.9 Å². The largest absolute Gasteiger partial charge is 0.390 e. The van der Waals surface area contributed by atoms with E-state index in [9.17, 15) is 9.50 Å². The van der Waals surface area contributed by atoms with Gasteiger partial charge in [0.1, 0.15) is 11.6 Å². The highest BCUT2D eigenvalue weighted by molar-refractivity contribution is 5.94. The lowest BCUT2D eigenvalue weighted by atomic mass is 9.94. The summed E-state index contributed by atoms with van der Waals surface area (Å²) in [5.41, 5.74) is -0.535. The minimum atomic E-state index is -1.69. The number of rotatable bonds is 4. The first kappa shape index (κ1) is 19.4. The molecule has 0 amide bonds. The van der Waals surface area contributed by atoms with E-state index in [4.69, 9.17) is 0 Å². The fourth-order valence-electron chi connectivity index (χ4n) is 3.67. The molecule has 0 bridgehead atoms. The van der Waals surface area contributed by atoms with Gasteiger partial charge in [-0.1, -0.05) is 13.8 Å². The summed E-state index contributed by atoms with van der Waals surface area (Å²) in [5, 5.41) is 15.1. The van der Waals surface area contributed by atoms with Gasteiger partial charge in [0.05, 0.1) is 12.6 Å².